The molecule has 1 aliphatic rings. The standard InChI is InChI=1S/C12H19N3O2S/c1-15(17-2)12(16)13-11-8-10(14-18-11)9-6-4-3-5-7-9/h8-9H,3-7H2,1-2H3,(H,13,16). The van der Waals surface area contributed by atoms with Crippen molar-refractivity contribution in [3.05, 3.63) is 11.8 Å². The largest absolute Gasteiger partial charge is 0.346 e. The van der Waals surface area contributed by atoms with E-state index in [0.717, 1.165) is 15.8 Å². The topological polar surface area (TPSA) is 54.5 Å². The molecular weight excluding hydrogens is 250 g/mol. The van der Waals surface area contributed by atoms with Crippen LogP contribution in [-0.4, -0.2) is 29.6 Å². The number of carbonyl (C=O) groups is 1. The Hall–Kier alpha value is -1.14. The van der Waals surface area contributed by atoms with Crippen molar-refractivity contribution in [1.82, 2.24) is 9.44 Å². The van der Waals surface area contributed by atoms with Gasteiger partial charge in [-0.1, -0.05) is 19.3 Å². The molecule has 1 fully saturated rings. The van der Waals surface area contributed by atoms with Crippen LogP contribution in [0.3, 0.4) is 0 Å². The third kappa shape index (κ3) is 3.20. The van der Waals surface area contributed by atoms with Gasteiger partial charge in [0.15, 0.2) is 0 Å². The maximum absolute atomic E-state index is 11.6. The van der Waals surface area contributed by atoms with Crippen LogP contribution >= 0.6 is 11.5 Å². The lowest BCUT2D eigenvalue weighted by atomic mass is 9.87. The van der Waals surface area contributed by atoms with Crippen LogP contribution in [0.4, 0.5) is 9.80 Å². The second-order valence-corrected chi connectivity index (χ2v) is 5.37. The number of hydrogen-bond donors (Lipinski definition) is 1. The highest BCUT2D eigenvalue weighted by atomic mass is 32.1. The molecule has 0 saturated heterocycles. The number of hydroxylamine groups is 2. The number of hydrogen-bond acceptors (Lipinski definition) is 4. The minimum atomic E-state index is -0.281. The SMILES string of the molecule is CON(C)C(=O)Nc1cc(C2CCCCC2)ns1. The van der Waals surface area contributed by atoms with E-state index in [4.69, 9.17) is 4.84 Å². The summed E-state index contributed by atoms with van der Waals surface area (Å²) in [5.41, 5.74) is 1.12. The zero-order chi connectivity index (χ0) is 13.0. The van der Waals surface area contributed by atoms with E-state index in [2.05, 4.69) is 9.69 Å². The maximum Gasteiger partial charge on any atom is 0.346 e. The highest BCUT2D eigenvalue weighted by Gasteiger charge is 2.19. The summed E-state index contributed by atoms with van der Waals surface area (Å²) in [6.45, 7) is 0. The van der Waals surface area contributed by atoms with E-state index in [1.807, 2.05) is 6.07 Å². The molecule has 1 heterocycles. The number of rotatable bonds is 3. The summed E-state index contributed by atoms with van der Waals surface area (Å²) in [5, 5.41) is 4.70. The van der Waals surface area contributed by atoms with Gasteiger partial charge < -0.3 is 0 Å². The number of aromatic nitrogens is 1. The fraction of sp³-hybridized carbons (Fsp3) is 0.667. The normalized spacial score (nSPS) is 16.6. The van der Waals surface area contributed by atoms with Gasteiger partial charge in [0.05, 0.1) is 12.8 Å². The number of anilines is 1. The van der Waals surface area contributed by atoms with Gasteiger partial charge in [0, 0.05) is 13.0 Å². The van der Waals surface area contributed by atoms with Crippen molar-refractivity contribution >= 4 is 22.6 Å². The van der Waals surface area contributed by atoms with Gasteiger partial charge in [-0.3, -0.25) is 10.2 Å². The molecule has 0 radical (unpaired) electrons. The van der Waals surface area contributed by atoms with Crippen LogP contribution in [0.15, 0.2) is 6.07 Å². The van der Waals surface area contributed by atoms with Crippen LogP contribution in [0.5, 0.6) is 0 Å². The first kappa shape index (κ1) is 13.3. The first-order valence-electron chi connectivity index (χ1n) is 6.26. The van der Waals surface area contributed by atoms with Crippen LogP contribution < -0.4 is 5.32 Å². The van der Waals surface area contributed by atoms with Crippen molar-refractivity contribution in [1.29, 1.82) is 0 Å². The summed E-state index contributed by atoms with van der Waals surface area (Å²) in [7, 11) is 3.03. The van der Waals surface area contributed by atoms with Gasteiger partial charge in [-0.25, -0.2) is 9.86 Å². The van der Waals surface area contributed by atoms with Crippen molar-refractivity contribution in [3.8, 4) is 0 Å². The molecule has 1 aromatic heterocycles. The van der Waals surface area contributed by atoms with Crippen molar-refractivity contribution in [2.45, 2.75) is 38.0 Å². The fourth-order valence-electron chi connectivity index (χ4n) is 2.21. The number of nitrogens with zero attached hydrogens (tertiary/aromatic N) is 2. The van der Waals surface area contributed by atoms with E-state index in [0.29, 0.717) is 5.92 Å². The van der Waals surface area contributed by atoms with E-state index in [9.17, 15) is 4.79 Å². The van der Waals surface area contributed by atoms with Gasteiger partial charge in [0.1, 0.15) is 5.00 Å². The molecular formula is C12H19N3O2S. The number of amides is 2. The molecule has 2 rings (SSSR count). The van der Waals surface area contributed by atoms with Crippen molar-refractivity contribution in [3.63, 3.8) is 0 Å². The van der Waals surface area contributed by atoms with Gasteiger partial charge in [-0.05, 0) is 30.4 Å². The van der Waals surface area contributed by atoms with E-state index in [1.54, 1.807) is 7.05 Å². The first-order valence-corrected chi connectivity index (χ1v) is 7.03. The zero-order valence-electron chi connectivity index (χ0n) is 10.8. The Morgan fingerprint density at radius 1 is 1.50 bits per heavy atom. The highest BCUT2D eigenvalue weighted by molar-refractivity contribution is 7.10. The van der Waals surface area contributed by atoms with Gasteiger partial charge in [0.25, 0.3) is 0 Å². The molecule has 0 atom stereocenters. The number of nitrogens with one attached hydrogen (secondary N) is 1. The van der Waals surface area contributed by atoms with Crippen LogP contribution in [0.1, 0.15) is 43.7 Å². The zero-order valence-corrected chi connectivity index (χ0v) is 11.6. The first-order chi connectivity index (χ1) is 8.70. The monoisotopic (exact) mass is 269 g/mol. The van der Waals surface area contributed by atoms with Gasteiger partial charge >= 0.3 is 6.03 Å². The Bertz CT molecular complexity index is 402. The van der Waals surface area contributed by atoms with E-state index in [-0.39, 0.29) is 6.03 Å². The average Bonchev–Trinajstić information content (AvgIpc) is 2.87. The lowest BCUT2D eigenvalue weighted by Gasteiger charge is -2.19. The van der Waals surface area contributed by atoms with Gasteiger partial charge in [-0.2, -0.15) is 4.37 Å². The average molecular weight is 269 g/mol. The summed E-state index contributed by atoms with van der Waals surface area (Å²) in [4.78, 5) is 16.4. The van der Waals surface area contributed by atoms with Crippen LogP contribution in [0.2, 0.25) is 0 Å². The summed E-state index contributed by atoms with van der Waals surface area (Å²) in [6, 6.07) is 1.71. The molecule has 5 nitrogen and oxygen atoms in total. The van der Waals surface area contributed by atoms with Crippen molar-refractivity contribution in [2.24, 2.45) is 0 Å². The number of urea groups is 1. The molecule has 0 unspecified atom stereocenters. The highest BCUT2D eigenvalue weighted by Crippen LogP contribution is 2.34. The Kier molecular flexibility index (Phi) is 4.54. The molecule has 6 heteroatoms. The quantitative estimate of drug-likeness (QED) is 0.857. The number of carbonyl (C=O) groups excluding carboxylic acids is 1. The summed E-state index contributed by atoms with van der Waals surface area (Å²) in [6.07, 6.45) is 6.35. The van der Waals surface area contributed by atoms with Crippen LogP contribution in [0.25, 0.3) is 0 Å². The molecule has 0 spiro atoms. The van der Waals surface area contributed by atoms with E-state index < -0.39 is 0 Å². The molecule has 1 aromatic rings. The molecule has 1 aliphatic carbocycles. The molecule has 2 amide bonds. The minimum absolute atomic E-state index is 0.281. The third-order valence-electron chi connectivity index (χ3n) is 3.34. The van der Waals surface area contributed by atoms with Crippen LogP contribution in [-0.2, 0) is 4.84 Å². The molecule has 100 valence electrons. The predicted octanol–water partition coefficient (Wildman–Crippen LogP) is 3.22. The van der Waals surface area contributed by atoms with Crippen molar-refractivity contribution < 1.29 is 9.63 Å². The van der Waals surface area contributed by atoms with E-state index >= 15 is 0 Å². The lowest BCUT2D eigenvalue weighted by Crippen LogP contribution is -2.29. The van der Waals surface area contributed by atoms with Crippen molar-refractivity contribution in [2.75, 3.05) is 19.5 Å². The van der Waals surface area contributed by atoms with Gasteiger partial charge in [0.2, 0.25) is 0 Å². The molecule has 1 saturated carbocycles. The Morgan fingerprint density at radius 3 is 2.89 bits per heavy atom. The lowest BCUT2D eigenvalue weighted by molar-refractivity contribution is -0.0597. The molecule has 0 bridgehead atoms. The Balaban J connectivity index is 1.95. The summed E-state index contributed by atoms with van der Waals surface area (Å²) in [5.74, 6) is 0.570. The Morgan fingerprint density at radius 2 is 2.22 bits per heavy atom. The smallest absolute Gasteiger partial charge is 0.296 e. The van der Waals surface area contributed by atoms with Crippen LogP contribution in [0, 0.1) is 0 Å². The summed E-state index contributed by atoms with van der Waals surface area (Å²) >= 11 is 1.34. The molecule has 1 N–H and O–H groups in total. The van der Waals surface area contributed by atoms with E-state index in [1.165, 1.54) is 50.7 Å². The molecule has 0 aliphatic heterocycles. The molecule has 0 aromatic carbocycles. The second kappa shape index (κ2) is 6.15. The predicted molar refractivity (Wildman–Crippen MR) is 71.7 cm³/mol. The second-order valence-electron chi connectivity index (χ2n) is 4.56. The Labute approximate surface area is 111 Å². The third-order valence-corrected chi connectivity index (χ3v) is 4.06. The summed E-state index contributed by atoms with van der Waals surface area (Å²) < 4.78 is 4.45. The maximum atomic E-state index is 11.6. The molecule has 18 heavy (non-hydrogen) atoms. The minimum Gasteiger partial charge on any atom is -0.296 e. The van der Waals surface area contributed by atoms with Gasteiger partial charge in [-0.15, -0.1) is 0 Å². The fourth-order valence-corrected chi connectivity index (χ4v) is 2.92.